The van der Waals surface area contributed by atoms with Gasteiger partial charge < -0.3 is 11.5 Å². The van der Waals surface area contributed by atoms with Crippen molar-refractivity contribution in [1.29, 1.82) is 0 Å². The Hall–Kier alpha value is -3.51. The maximum Gasteiger partial charge on any atom is 0.260 e. The van der Waals surface area contributed by atoms with E-state index in [1.165, 1.54) is 0 Å². The minimum absolute atomic E-state index is 0.0833. The van der Waals surface area contributed by atoms with E-state index in [9.17, 15) is 9.59 Å². The number of benzene rings is 2. The van der Waals surface area contributed by atoms with Gasteiger partial charge >= 0.3 is 0 Å². The number of pyridine rings is 1. The van der Waals surface area contributed by atoms with Crippen molar-refractivity contribution in [2.45, 2.75) is 0 Å². The lowest BCUT2D eigenvalue weighted by molar-refractivity contribution is 0.100. The van der Waals surface area contributed by atoms with Crippen molar-refractivity contribution in [3.8, 4) is 22.4 Å². The summed E-state index contributed by atoms with van der Waals surface area (Å²) in [5.41, 5.74) is 16.2. The van der Waals surface area contributed by atoms with Crippen LogP contribution in [0.1, 0.15) is 25.6 Å². The number of thiophene rings is 1. The number of rotatable bonds is 2. The van der Waals surface area contributed by atoms with Gasteiger partial charge in [-0.2, -0.15) is 0 Å². The van der Waals surface area contributed by atoms with E-state index in [4.69, 9.17) is 16.5 Å². The third-order valence-electron chi connectivity index (χ3n) is 4.82. The molecule has 1 amide bonds. The molecule has 4 aromatic rings. The molecule has 2 aromatic carbocycles. The summed E-state index contributed by atoms with van der Waals surface area (Å²) in [5.74, 6) is -0.679. The van der Waals surface area contributed by atoms with Crippen LogP contribution in [0, 0.1) is 0 Å². The first-order valence-electron chi connectivity index (χ1n) is 8.33. The number of ketones is 1. The van der Waals surface area contributed by atoms with Crippen LogP contribution in [0.4, 0.5) is 5.69 Å². The predicted octanol–water partition coefficient (Wildman–Crippen LogP) is 3.86. The van der Waals surface area contributed by atoms with Crippen LogP contribution in [0.15, 0.2) is 54.6 Å². The van der Waals surface area contributed by atoms with E-state index in [2.05, 4.69) is 0 Å². The number of hydrogen-bond donors (Lipinski definition) is 2. The van der Waals surface area contributed by atoms with Crippen LogP contribution in [-0.4, -0.2) is 16.7 Å². The molecule has 1 aliphatic rings. The van der Waals surface area contributed by atoms with Crippen LogP contribution in [-0.2, 0) is 0 Å². The van der Waals surface area contributed by atoms with Crippen molar-refractivity contribution in [2.75, 3.05) is 5.73 Å². The summed E-state index contributed by atoms with van der Waals surface area (Å²) in [5, 5.41) is 0.611. The molecule has 0 spiro atoms. The topological polar surface area (TPSA) is 99.1 Å². The van der Waals surface area contributed by atoms with Gasteiger partial charge in [0.15, 0.2) is 5.78 Å². The minimum Gasteiger partial charge on any atom is -0.397 e. The van der Waals surface area contributed by atoms with Crippen molar-refractivity contribution in [2.24, 2.45) is 5.73 Å². The Morgan fingerprint density at radius 3 is 2.30 bits per heavy atom. The molecule has 5 rings (SSSR count). The maximum atomic E-state index is 13.2. The van der Waals surface area contributed by atoms with Gasteiger partial charge in [0.25, 0.3) is 5.91 Å². The highest BCUT2D eigenvalue weighted by Crippen LogP contribution is 2.47. The summed E-state index contributed by atoms with van der Waals surface area (Å²) in [4.78, 5) is 30.6. The molecule has 6 heteroatoms. The Morgan fingerprint density at radius 2 is 1.59 bits per heavy atom. The average Bonchev–Trinajstić information content (AvgIpc) is 3.17. The lowest BCUT2D eigenvalue weighted by Gasteiger charge is -2.10. The molecule has 0 saturated carbocycles. The van der Waals surface area contributed by atoms with Gasteiger partial charge in [0.2, 0.25) is 0 Å². The molecule has 0 saturated heterocycles. The minimum atomic E-state index is -0.596. The molecule has 2 aromatic heterocycles. The van der Waals surface area contributed by atoms with Gasteiger partial charge in [-0.3, -0.25) is 9.59 Å². The number of aromatic nitrogens is 1. The highest BCUT2D eigenvalue weighted by molar-refractivity contribution is 7.21. The molecule has 0 atom stereocenters. The summed E-state index contributed by atoms with van der Waals surface area (Å²) in [6.45, 7) is 0. The first-order valence-corrected chi connectivity index (χ1v) is 9.15. The fourth-order valence-electron chi connectivity index (χ4n) is 3.67. The maximum absolute atomic E-state index is 13.2. The SMILES string of the molecule is NC(=O)c1sc2nc3c(c(-c4ccccc4)c2c1N)C(=O)c1ccccc1-3. The molecular formula is C21H13N3O2S. The number of amides is 1. The molecule has 0 unspecified atom stereocenters. The van der Waals surface area contributed by atoms with Gasteiger partial charge in [0, 0.05) is 22.1 Å². The monoisotopic (exact) mass is 371 g/mol. The fourth-order valence-corrected chi connectivity index (χ4v) is 4.62. The van der Waals surface area contributed by atoms with Gasteiger partial charge in [0.05, 0.1) is 16.9 Å². The number of fused-ring (bicyclic) bond motifs is 4. The van der Waals surface area contributed by atoms with Crippen LogP contribution in [0.25, 0.3) is 32.6 Å². The van der Waals surface area contributed by atoms with Crippen molar-refractivity contribution in [1.82, 2.24) is 4.98 Å². The standard InChI is InChI=1S/C21H13N3O2S/c22-16-14-13(10-6-2-1-3-7-10)15-17(24-21(14)27-19(16)20(23)26)11-8-4-5-9-12(11)18(15)25/h1-9H,22H2,(H2,23,26). The summed E-state index contributed by atoms with van der Waals surface area (Å²) in [6, 6.07) is 17.0. The van der Waals surface area contributed by atoms with E-state index >= 15 is 0 Å². The van der Waals surface area contributed by atoms with Crippen LogP contribution in [0.2, 0.25) is 0 Å². The normalized spacial score (nSPS) is 12.2. The van der Waals surface area contributed by atoms with E-state index in [-0.39, 0.29) is 16.3 Å². The van der Waals surface area contributed by atoms with Crippen LogP contribution in [0.5, 0.6) is 0 Å². The molecule has 0 aliphatic heterocycles. The Morgan fingerprint density at radius 1 is 0.926 bits per heavy atom. The van der Waals surface area contributed by atoms with E-state index < -0.39 is 5.91 Å². The fraction of sp³-hybridized carbons (Fsp3) is 0. The molecule has 1 aliphatic carbocycles. The van der Waals surface area contributed by atoms with Crippen LogP contribution in [0.3, 0.4) is 0 Å². The molecule has 0 radical (unpaired) electrons. The number of nitrogens with zero attached hydrogens (tertiary/aromatic N) is 1. The number of carbonyl (C=O) groups is 2. The highest BCUT2D eigenvalue weighted by atomic mass is 32.1. The number of nitrogen functional groups attached to an aromatic ring is 1. The molecule has 130 valence electrons. The zero-order chi connectivity index (χ0) is 18.7. The Kier molecular flexibility index (Phi) is 3.20. The quantitative estimate of drug-likeness (QED) is 0.492. The Bertz CT molecular complexity index is 1280. The molecule has 5 nitrogen and oxygen atoms in total. The first-order chi connectivity index (χ1) is 13.1. The zero-order valence-electron chi connectivity index (χ0n) is 14.0. The molecular weight excluding hydrogens is 358 g/mol. The number of hydrogen-bond acceptors (Lipinski definition) is 5. The van der Waals surface area contributed by atoms with Crippen molar-refractivity contribution in [3.05, 3.63) is 70.6 Å². The second-order valence-corrected chi connectivity index (χ2v) is 7.34. The summed E-state index contributed by atoms with van der Waals surface area (Å²) < 4.78 is 0. The lowest BCUT2D eigenvalue weighted by atomic mass is 9.94. The third kappa shape index (κ3) is 2.07. The molecule has 0 bridgehead atoms. The van der Waals surface area contributed by atoms with Gasteiger partial charge in [-0.15, -0.1) is 11.3 Å². The Balaban J connectivity index is 1.99. The van der Waals surface area contributed by atoms with Gasteiger partial charge in [0.1, 0.15) is 9.71 Å². The second-order valence-electron chi connectivity index (χ2n) is 6.34. The lowest BCUT2D eigenvalue weighted by Crippen LogP contribution is -2.10. The molecule has 27 heavy (non-hydrogen) atoms. The smallest absolute Gasteiger partial charge is 0.260 e. The number of primary amides is 1. The number of anilines is 1. The summed E-state index contributed by atoms with van der Waals surface area (Å²) in [6.07, 6.45) is 0. The van der Waals surface area contributed by atoms with E-state index in [0.717, 1.165) is 22.5 Å². The first kappa shape index (κ1) is 15.7. The van der Waals surface area contributed by atoms with Crippen molar-refractivity contribution >= 4 is 38.9 Å². The van der Waals surface area contributed by atoms with E-state index in [1.807, 2.05) is 48.5 Å². The number of nitrogens with two attached hydrogens (primary N) is 2. The summed E-state index contributed by atoms with van der Waals surface area (Å²) in [7, 11) is 0. The molecule has 2 heterocycles. The number of carbonyl (C=O) groups excluding carboxylic acids is 2. The van der Waals surface area contributed by atoms with Crippen molar-refractivity contribution < 1.29 is 9.59 Å². The average molecular weight is 371 g/mol. The van der Waals surface area contributed by atoms with Gasteiger partial charge in [-0.25, -0.2) is 4.98 Å². The Labute approximate surface area is 158 Å². The largest absolute Gasteiger partial charge is 0.397 e. The predicted molar refractivity (Wildman–Crippen MR) is 107 cm³/mol. The van der Waals surface area contributed by atoms with E-state index in [0.29, 0.717) is 32.6 Å². The van der Waals surface area contributed by atoms with Gasteiger partial charge in [-0.05, 0) is 5.56 Å². The van der Waals surface area contributed by atoms with Crippen molar-refractivity contribution in [3.63, 3.8) is 0 Å². The molecule has 0 fully saturated rings. The highest BCUT2D eigenvalue weighted by Gasteiger charge is 2.34. The zero-order valence-corrected chi connectivity index (χ0v) is 14.8. The molecule has 4 N–H and O–H groups in total. The van der Waals surface area contributed by atoms with Crippen LogP contribution < -0.4 is 11.5 Å². The van der Waals surface area contributed by atoms with Crippen LogP contribution >= 0.6 is 11.3 Å². The summed E-state index contributed by atoms with van der Waals surface area (Å²) >= 11 is 1.16. The third-order valence-corrected chi connectivity index (χ3v) is 5.93. The van der Waals surface area contributed by atoms with Gasteiger partial charge in [-0.1, -0.05) is 54.6 Å². The second kappa shape index (κ2) is 5.49. The van der Waals surface area contributed by atoms with E-state index in [1.54, 1.807) is 6.07 Å².